The van der Waals surface area contributed by atoms with E-state index in [2.05, 4.69) is 44.4 Å². The third-order valence-corrected chi connectivity index (χ3v) is 5.84. The molecule has 136 valence electrons. The van der Waals surface area contributed by atoms with Gasteiger partial charge in [-0.05, 0) is 85.6 Å². The third kappa shape index (κ3) is 6.36. The third-order valence-electron chi connectivity index (χ3n) is 5.84. The molecular formula is C20H40N2O. The average molecular weight is 325 g/mol. The highest BCUT2D eigenvalue weighted by Gasteiger charge is 2.26. The van der Waals surface area contributed by atoms with Crippen LogP contribution in [0.3, 0.4) is 0 Å². The van der Waals surface area contributed by atoms with Crippen molar-refractivity contribution < 1.29 is 4.74 Å². The van der Waals surface area contributed by atoms with E-state index >= 15 is 0 Å². The van der Waals surface area contributed by atoms with Crippen LogP contribution in [0.25, 0.3) is 0 Å². The highest BCUT2D eigenvalue weighted by atomic mass is 16.5. The molecule has 1 saturated heterocycles. The summed E-state index contributed by atoms with van der Waals surface area (Å²) in [5, 5.41) is 0. The molecule has 0 aromatic heterocycles. The van der Waals surface area contributed by atoms with Crippen LogP contribution in [0.15, 0.2) is 0 Å². The molecule has 0 unspecified atom stereocenters. The second-order valence-electron chi connectivity index (χ2n) is 8.44. The van der Waals surface area contributed by atoms with E-state index in [-0.39, 0.29) is 0 Å². The SMILES string of the molecule is CC(C)OC1CCC(CCCN2CCN(C(C)C)C[C@@H]2C)CC1. The summed E-state index contributed by atoms with van der Waals surface area (Å²) in [6, 6.07) is 1.42. The average Bonchev–Trinajstić information content (AvgIpc) is 2.50. The summed E-state index contributed by atoms with van der Waals surface area (Å²) in [6.07, 6.45) is 9.07. The van der Waals surface area contributed by atoms with Crippen molar-refractivity contribution in [2.24, 2.45) is 5.92 Å². The van der Waals surface area contributed by atoms with E-state index in [4.69, 9.17) is 4.74 Å². The van der Waals surface area contributed by atoms with E-state index in [0.717, 1.165) is 12.0 Å². The zero-order valence-electron chi connectivity index (χ0n) is 16.3. The topological polar surface area (TPSA) is 15.7 Å². The fourth-order valence-electron chi connectivity index (χ4n) is 4.35. The molecule has 3 nitrogen and oxygen atoms in total. The van der Waals surface area contributed by atoms with Crippen molar-refractivity contribution in [2.45, 2.75) is 97.4 Å². The molecule has 1 atom stereocenters. The van der Waals surface area contributed by atoms with Crippen molar-refractivity contribution in [1.29, 1.82) is 0 Å². The second-order valence-corrected chi connectivity index (χ2v) is 8.44. The van der Waals surface area contributed by atoms with Crippen molar-refractivity contribution in [3.63, 3.8) is 0 Å². The van der Waals surface area contributed by atoms with Gasteiger partial charge < -0.3 is 4.74 Å². The molecule has 0 amide bonds. The van der Waals surface area contributed by atoms with Crippen LogP contribution < -0.4 is 0 Å². The lowest BCUT2D eigenvalue weighted by Crippen LogP contribution is -2.53. The molecule has 1 aliphatic heterocycles. The van der Waals surface area contributed by atoms with Gasteiger partial charge in [0.1, 0.15) is 0 Å². The van der Waals surface area contributed by atoms with Gasteiger partial charge in [-0.2, -0.15) is 0 Å². The van der Waals surface area contributed by atoms with Crippen LogP contribution in [0.1, 0.15) is 73.1 Å². The summed E-state index contributed by atoms with van der Waals surface area (Å²) in [5.41, 5.74) is 0. The van der Waals surface area contributed by atoms with E-state index in [1.54, 1.807) is 0 Å². The zero-order valence-corrected chi connectivity index (χ0v) is 16.3. The Kier molecular flexibility index (Phi) is 7.84. The van der Waals surface area contributed by atoms with Gasteiger partial charge in [0.2, 0.25) is 0 Å². The normalized spacial score (nSPS) is 31.2. The van der Waals surface area contributed by atoms with Gasteiger partial charge >= 0.3 is 0 Å². The maximum absolute atomic E-state index is 5.97. The first-order chi connectivity index (χ1) is 11.0. The molecule has 0 aromatic rings. The highest BCUT2D eigenvalue weighted by molar-refractivity contribution is 4.81. The molecule has 1 saturated carbocycles. The Labute approximate surface area is 144 Å². The molecule has 1 aliphatic carbocycles. The molecule has 3 heteroatoms. The van der Waals surface area contributed by atoms with Crippen molar-refractivity contribution in [2.75, 3.05) is 26.2 Å². The monoisotopic (exact) mass is 324 g/mol. The maximum Gasteiger partial charge on any atom is 0.0578 e. The van der Waals surface area contributed by atoms with Gasteiger partial charge in [-0.25, -0.2) is 0 Å². The van der Waals surface area contributed by atoms with Crippen LogP contribution in [0.2, 0.25) is 0 Å². The molecule has 0 bridgehead atoms. The largest absolute Gasteiger partial charge is 0.376 e. The lowest BCUT2D eigenvalue weighted by Gasteiger charge is -2.42. The molecule has 1 heterocycles. The molecular weight excluding hydrogens is 284 g/mol. The molecule has 0 aromatic carbocycles. The minimum atomic E-state index is 0.391. The standard InChI is InChI=1S/C20H40N2O/c1-16(2)22-14-13-21(18(5)15-22)12-6-7-19-8-10-20(11-9-19)23-17(3)4/h16-20H,6-15H2,1-5H3/t18-,19?,20?/m0/s1. The number of nitrogens with zero attached hydrogens (tertiary/aromatic N) is 2. The molecule has 2 aliphatic rings. The van der Waals surface area contributed by atoms with E-state index < -0.39 is 0 Å². The Balaban J connectivity index is 1.59. The van der Waals surface area contributed by atoms with Crippen LogP contribution in [-0.4, -0.2) is 60.3 Å². The van der Waals surface area contributed by atoms with Crippen molar-refractivity contribution in [3.05, 3.63) is 0 Å². The zero-order chi connectivity index (χ0) is 16.8. The molecule has 0 spiro atoms. The smallest absolute Gasteiger partial charge is 0.0578 e. The molecule has 23 heavy (non-hydrogen) atoms. The first-order valence-electron chi connectivity index (χ1n) is 10.1. The summed E-state index contributed by atoms with van der Waals surface area (Å²) < 4.78 is 5.97. The minimum absolute atomic E-state index is 0.391. The van der Waals surface area contributed by atoms with Crippen LogP contribution in [0.4, 0.5) is 0 Å². The van der Waals surface area contributed by atoms with Crippen LogP contribution >= 0.6 is 0 Å². The highest BCUT2D eigenvalue weighted by Crippen LogP contribution is 2.30. The van der Waals surface area contributed by atoms with Gasteiger partial charge in [0, 0.05) is 31.7 Å². The van der Waals surface area contributed by atoms with E-state index in [9.17, 15) is 0 Å². The lowest BCUT2D eigenvalue weighted by atomic mass is 9.84. The molecule has 0 N–H and O–H groups in total. The summed E-state index contributed by atoms with van der Waals surface area (Å²) in [6.45, 7) is 16.4. The second kappa shape index (κ2) is 9.39. The summed E-state index contributed by atoms with van der Waals surface area (Å²) >= 11 is 0. The van der Waals surface area contributed by atoms with Crippen LogP contribution in [-0.2, 0) is 4.74 Å². The number of ether oxygens (including phenoxy) is 1. The number of piperazine rings is 1. The molecule has 2 fully saturated rings. The Morgan fingerprint density at radius 3 is 2.26 bits per heavy atom. The summed E-state index contributed by atoms with van der Waals surface area (Å²) in [5.74, 6) is 0.953. The Morgan fingerprint density at radius 2 is 1.70 bits per heavy atom. The fourth-order valence-corrected chi connectivity index (χ4v) is 4.35. The lowest BCUT2D eigenvalue weighted by molar-refractivity contribution is -0.0206. The van der Waals surface area contributed by atoms with Crippen molar-refractivity contribution in [1.82, 2.24) is 9.80 Å². The quantitative estimate of drug-likeness (QED) is 0.699. The Morgan fingerprint density at radius 1 is 1.00 bits per heavy atom. The first-order valence-corrected chi connectivity index (χ1v) is 10.1. The Hall–Kier alpha value is -0.120. The van der Waals surface area contributed by atoms with E-state index in [1.807, 2.05) is 0 Å². The van der Waals surface area contributed by atoms with Crippen LogP contribution in [0, 0.1) is 5.92 Å². The predicted octanol–water partition coefficient (Wildman–Crippen LogP) is 4.16. The van der Waals surface area contributed by atoms with E-state index in [0.29, 0.717) is 18.2 Å². The number of hydrogen-bond donors (Lipinski definition) is 0. The fraction of sp³-hybridized carbons (Fsp3) is 1.00. The molecule has 0 radical (unpaired) electrons. The van der Waals surface area contributed by atoms with Gasteiger partial charge in [-0.3, -0.25) is 9.80 Å². The summed E-state index contributed by atoms with van der Waals surface area (Å²) in [7, 11) is 0. The first kappa shape index (κ1) is 19.2. The van der Waals surface area contributed by atoms with Crippen molar-refractivity contribution in [3.8, 4) is 0 Å². The molecule has 2 rings (SSSR count). The number of hydrogen-bond acceptors (Lipinski definition) is 3. The van der Waals surface area contributed by atoms with Gasteiger partial charge in [0.25, 0.3) is 0 Å². The van der Waals surface area contributed by atoms with Gasteiger partial charge in [-0.15, -0.1) is 0 Å². The summed E-state index contributed by atoms with van der Waals surface area (Å²) in [4.78, 5) is 5.34. The number of rotatable bonds is 7. The van der Waals surface area contributed by atoms with Gasteiger partial charge in [0.05, 0.1) is 12.2 Å². The predicted molar refractivity (Wildman–Crippen MR) is 98.9 cm³/mol. The minimum Gasteiger partial charge on any atom is -0.376 e. The van der Waals surface area contributed by atoms with Gasteiger partial charge in [0.15, 0.2) is 0 Å². The van der Waals surface area contributed by atoms with E-state index in [1.165, 1.54) is 64.7 Å². The maximum atomic E-state index is 5.97. The van der Waals surface area contributed by atoms with Crippen molar-refractivity contribution >= 4 is 0 Å². The Bertz CT molecular complexity index is 324. The van der Waals surface area contributed by atoms with Gasteiger partial charge in [-0.1, -0.05) is 0 Å². The van der Waals surface area contributed by atoms with Crippen LogP contribution in [0.5, 0.6) is 0 Å².